The first-order valence-electron chi connectivity index (χ1n) is 8.89. The summed E-state index contributed by atoms with van der Waals surface area (Å²) in [6, 6.07) is 5.71. The highest BCUT2D eigenvalue weighted by Crippen LogP contribution is 2.41. The number of carbonyl (C=O) groups is 5. The van der Waals surface area contributed by atoms with E-state index < -0.39 is 34.6 Å². The van der Waals surface area contributed by atoms with Gasteiger partial charge in [-0.15, -0.1) is 0 Å². The third-order valence-electron chi connectivity index (χ3n) is 5.49. The maximum atomic E-state index is 13.3. The Kier molecular flexibility index (Phi) is 3.57. The van der Waals surface area contributed by atoms with E-state index in [1.807, 2.05) is 0 Å². The number of rotatable bonds is 2. The van der Waals surface area contributed by atoms with Gasteiger partial charge in [-0.1, -0.05) is 17.7 Å². The second-order valence-corrected chi connectivity index (χ2v) is 7.78. The zero-order valence-electron chi connectivity index (χ0n) is 15.1. The fraction of sp³-hybridized carbons (Fsp3) is 0.0952. The SMILES string of the molecule is O=C(O)C1=CCC(Cl)(N2C(=O)c3ccc4c5c(ccc(c35)C2=O)C(=O)NC4=O)C=C1. The minimum Gasteiger partial charge on any atom is -0.478 e. The molecule has 1 aliphatic carbocycles. The van der Waals surface area contributed by atoms with Crippen molar-refractivity contribution in [2.45, 2.75) is 11.4 Å². The van der Waals surface area contributed by atoms with Gasteiger partial charge < -0.3 is 5.11 Å². The van der Waals surface area contributed by atoms with Gasteiger partial charge in [0.05, 0.1) is 5.57 Å². The molecule has 1 atom stereocenters. The lowest BCUT2D eigenvalue weighted by molar-refractivity contribution is -0.132. The van der Waals surface area contributed by atoms with Gasteiger partial charge >= 0.3 is 5.97 Å². The molecule has 0 spiro atoms. The largest absolute Gasteiger partial charge is 0.478 e. The topological polar surface area (TPSA) is 121 Å². The molecule has 8 nitrogen and oxygen atoms in total. The number of alkyl halides is 1. The van der Waals surface area contributed by atoms with E-state index in [1.165, 1.54) is 42.5 Å². The molecule has 2 aliphatic heterocycles. The molecule has 0 bridgehead atoms. The number of nitrogens with one attached hydrogen (secondary N) is 1. The van der Waals surface area contributed by atoms with Gasteiger partial charge in [-0.2, -0.15) is 0 Å². The van der Waals surface area contributed by atoms with Gasteiger partial charge in [-0.25, -0.2) is 4.79 Å². The number of hydrogen-bond acceptors (Lipinski definition) is 5. The van der Waals surface area contributed by atoms with Crippen molar-refractivity contribution < 1.29 is 29.1 Å². The number of carboxylic acid groups (broad SMARTS) is 1. The number of carboxylic acids is 1. The summed E-state index contributed by atoms with van der Waals surface area (Å²) >= 11 is 6.60. The Balaban J connectivity index is 1.70. The molecule has 0 fully saturated rings. The van der Waals surface area contributed by atoms with Crippen LogP contribution >= 0.6 is 11.6 Å². The summed E-state index contributed by atoms with van der Waals surface area (Å²) in [5.41, 5.74) is 0.674. The van der Waals surface area contributed by atoms with E-state index >= 15 is 0 Å². The van der Waals surface area contributed by atoms with Crippen molar-refractivity contribution >= 4 is 52.0 Å². The van der Waals surface area contributed by atoms with Crippen molar-refractivity contribution in [1.82, 2.24) is 10.2 Å². The van der Waals surface area contributed by atoms with Crippen LogP contribution < -0.4 is 5.32 Å². The van der Waals surface area contributed by atoms with Crippen LogP contribution in [0.3, 0.4) is 0 Å². The number of imide groups is 2. The highest BCUT2D eigenvalue weighted by atomic mass is 35.5. The Hall–Kier alpha value is -3.78. The molecule has 1 unspecified atom stereocenters. The maximum absolute atomic E-state index is 13.3. The van der Waals surface area contributed by atoms with Gasteiger partial charge in [-0.3, -0.25) is 29.4 Å². The second-order valence-electron chi connectivity index (χ2n) is 7.12. The quantitative estimate of drug-likeness (QED) is 0.435. The van der Waals surface area contributed by atoms with Crippen LogP contribution in [0.4, 0.5) is 0 Å². The molecule has 2 aromatic rings. The summed E-state index contributed by atoms with van der Waals surface area (Å²) in [5.74, 6) is -3.74. The molecule has 0 aromatic heterocycles. The van der Waals surface area contributed by atoms with E-state index in [9.17, 15) is 24.0 Å². The van der Waals surface area contributed by atoms with Gasteiger partial charge in [0.1, 0.15) is 5.00 Å². The molecule has 4 amide bonds. The Morgan fingerprint density at radius 2 is 1.43 bits per heavy atom. The van der Waals surface area contributed by atoms with E-state index in [4.69, 9.17) is 16.7 Å². The first-order chi connectivity index (χ1) is 14.2. The van der Waals surface area contributed by atoms with Crippen LogP contribution in [-0.4, -0.2) is 44.6 Å². The molecule has 9 heteroatoms. The van der Waals surface area contributed by atoms with E-state index in [-0.39, 0.29) is 45.0 Å². The first-order valence-corrected chi connectivity index (χ1v) is 9.26. The zero-order chi connectivity index (χ0) is 21.4. The third-order valence-corrected chi connectivity index (χ3v) is 5.94. The molecule has 2 heterocycles. The van der Waals surface area contributed by atoms with Crippen LogP contribution in [0, 0.1) is 0 Å². The number of carbonyl (C=O) groups excluding carboxylic acids is 4. The summed E-state index contributed by atoms with van der Waals surface area (Å²) in [5, 5.41) is 11.8. The van der Waals surface area contributed by atoms with Gasteiger partial charge in [-0.05, 0) is 36.4 Å². The minimum absolute atomic E-state index is 0.00614. The molecule has 0 saturated heterocycles. The second kappa shape index (κ2) is 5.87. The van der Waals surface area contributed by atoms with Crippen molar-refractivity contribution in [3.63, 3.8) is 0 Å². The number of aliphatic carboxylic acids is 1. The van der Waals surface area contributed by atoms with Crippen LogP contribution in [0.1, 0.15) is 47.9 Å². The van der Waals surface area contributed by atoms with Crippen molar-refractivity contribution in [3.05, 3.63) is 70.3 Å². The lowest BCUT2D eigenvalue weighted by Gasteiger charge is -2.39. The predicted molar refractivity (Wildman–Crippen MR) is 104 cm³/mol. The minimum atomic E-state index is -1.58. The number of hydrogen-bond donors (Lipinski definition) is 2. The summed E-state index contributed by atoms with van der Waals surface area (Å²) in [4.78, 5) is 61.5. The van der Waals surface area contributed by atoms with E-state index in [1.54, 1.807) is 0 Å². The monoisotopic (exact) mass is 422 g/mol. The molecule has 2 aromatic carbocycles. The number of amides is 4. The van der Waals surface area contributed by atoms with Crippen LogP contribution in [0.25, 0.3) is 10.8 Å². The van der Waals surface area contributed by atoms with E-state index in [0.29, 0.717) is 0 Å². The number of benzene rings is 2. The summed E-state index contributed by atoms with van der Waals surface area (Å²) < 4.78 is 0. The van der Waals surface area contributed by atoms with E-state index in [0.717, 1.165) is 4.90 Å². The van der Waals surface area contributed by atoms with Crippen molar-refractivity contribution in [2.24, 2.45) is 0 Å². The van der Waals surface area contributed by atoms with Crippen molar-refractivity contribution in [1.29, 1.82) is 0 Å². The fourth-order valence-corrected chi connectivity index (χ4v) is 4.36. The van der Waals surface area contributed by atoms with Crippen molar-refractivity contribution in [2.75, 3.05) is 0 Å². The standard InChI is InChI=1S/C21H11ClN2O6/c22-21(7-5-9(6-8-21)20(29)30)24-18(27)12-3-1-10-14-11(17(26)23-16(10)25)2-4-13(15(12)14)19(24)28/h1-7H,8H2,(H,29,30)(H,23,25,26). The molecule has 3 aliphatic rings. The molecule has 148 valence electrons. The highest BCUT2D eigenvalue weighted by Gasteiger charge is 2.46. The van der Waals surface area contributed by atoms with Crippen LogP contribution in [-0.2, 0) is 4.79 Å². The summed E-state index contributed by atoms with van der Waals surface area (Å²) in [7, 11) is 0. The molecule has 0 saturated carbocycles. The molecular formula is C21H11ClN2O6. The Morgan fingerprint density at radius 3 is 1.90 bits per heavy atom. The van der Waals surface area contributed by atoms with Crippen molar-refractivity contribution in [3.8, 4) is 0 Å². The smallest absolute Gasteiger partial charge is 0.335 e. The van der Waals surface area contributed by atoms with E-state index in [2.05, 4.69) is 5.32 Å². The highest BCUT2D eigenvalue weighted by molar-refractivity contribution is 6.36. The maximum Gasteiger partial charge on any atom is 0.335 e. The molecule has 30 heavy (non-hydrogen) atoms. The van der Waals surface area contributed by atoms with Crippen LogP contribution in [0.15, 0.2) is 48.1 Å². The molecule has 2 N–H and O–H groups in total. The molecule has 0 radical (unpaired) electrons. The average molecular weight is 423 g/mol. The fourth-order valence-electron chi connectivity index (χ4n) is 4.07. The number of nitrogens with zero attached hydrogens (tertiary/aromatic N) is 1. The lowest BCUT2D eigenvalue weighted by atomic mass is 9.85. The van der Waals surface area contributed by atoms with Crippen LogP contribution in [0.2, 0.25) is 0 Å². The van der Waals surface area contributed by atoms with Gasteiger partial charge in [0.25, 0.3) is 23.6 Å². The summed E-state index contributed by atoms with van der Waals surface area (Å²) in [6.07, 6.45) is 3.81. The number of halogens is 1. The van der Waals surface area contributed by atoms with Gasteiger partial charge in [0.2, 0.25) is 0 Å². The molecular weight excluding hydrogens is 412 g/mol. The van der Waals surface area contributed by atoms with Gasteiger partial charge in [0.15, 0.2) is 0 Å². The lowest BCUT2D eigenvalue weighted by Crippen LogP contribution is -2.52. The third kappa shape index (κ3) is 2.25. The Bertz CT molecular complexity index is 1260. The Morgan fingerprint density at radius 1 is 0.933 bits per heavy atom. The predicted octanol–water partition coefficient (Wildman–Crippen LogP) is 2.23. The average Bonchev–Trinajstić information content (AvgIpc) is 2.70. The molecule has 5 rings (SSSR count). The first kappa shape index (κ1) is 18.3. The normalized spacial score (nSPS) is 22.3. The summed E-state index contributed by atoms with van der Waals surface area (Å²) in [6.45, 7) is 0. The zero-order valence-corrected chi connectivity index (χ0v) is 15.8. The Labute approximate surface area is 173 Å². The van der Waals surface area contributed by atoms with Gasteiger partial charge in [0, 0.05) is 39.4 Å². The van der Waals surface area contributed by atoms with Crippen LogP contribution in [0.5, 0.6) is 0 Å².